The van der Waals surface area contributed by atoms with Gasteiger partial charge in [0.1, 0.15) is 5.82 Å². The summed E-state index contributed by atoms with van der Waals surface area (Å²) in [6.45, 7) is 2.56. The van der Waals surface area contributed by atoms with Gasteiger partial charge in [0, 0.05) is 18.0 Å². The van der Waals surface area contributed by atoms with Crippen LogP contribution in [0, 0.1) is 5.82 Å². The number of nitrogens with zero attached hydrogens (tertiary/aromatic N) is 1. The standard InChI is InChI=1S/C12H12ClFN2O2S/c1-7(11(17)16-5-4-15-12(16)18)19-8-2-3-10(14)9(13)6-8/h2-3,6-7H,4-5H2,1H3,(H,15,18). The summed E-state index contributed by atoms with van der Waals surface area (Å²) in [7, 11) is 0. The second-order valence-electron chi connectivity index (χ2n) is 4.06. The lowest BCUT2D eigenvalue weighted by molar-refractivity contribution is -0.126. The Labute approximate surface area is 119 Å². The molecule has 19 heavy (non-hydrogen) atoms. The third-order valence-corrected chi connectivity index (χ3v) is 4.05. The summed E-state index contributed by atoms with van der Waals surface area (Å²) in [4.78, 5) is 25.3. The molecule has 1 atom stereocenters. The van der Waals surface area contributed by atoms with Crippen LogP contribution in [-0.2, 0) is 4.79 Å². The molecular weight excluding hydrogens is 291 g/mol. The summed E-state index contributed by atoms with van der Waals surface area (Å²) >= 11 is 6.92. The summed E-state index contributed by atoms with van der Waals surface area (Å²) in [5, 5.41) is 2.15. The normalized spacial score (nSPS) is 16.4. The molecule has 1 aliphatic rings. The Morgan fingerprint density at radius 3 is 2.89 bits per heavy atom. The van der Waals surface area contributed by atoms with Gasteiger partial charge in [-0.15, -0.1) is 11.8 Å². The largest absolute Gasteiger partial charge is 0.336 e. The van der Waals surface area contributed by atoms with Crippen LogP contribution in [0.5, 0.6) is 0 Å². The maximum Gasteiger partial charge on any atom is 0.324 e. The van der Waals surface area contributed by atoms with E-state index in [2.05, 4.69) is 5.32 Å². The molecule has 1 aromatic rings. The van der Waals surface area contributed by atoms with Crippen molar-refractivity contribution in [3.8, 4) is 0 Å². The van der Waals surface area contributed by atoms with E-state index in [0.29, 0.717) is 18.0 Å². The quantitative estimate of drug-likeness (QED) is 0.873. The number of thioether (sulfide) groups is 1. The Balaban J connectivity index is 2.03. The van der Waals surface area contributed by atoms with Gasteiger partial charge in [0.15, 0.2) is 0 Å². The van der Waals surface area contributed by atoms with E-state index < -0.39 is 11.1 Å². The Kier molecular flexibility index (Phi) is 4.31. The molecule has 102 valence electrons. The molecule has 1 aromatic carbocycles. The first-order valence-corrected chi connectivity index (χ1v) is 6.95. The molecule has 1 unspecified atom stereocenters. The van der Waals surface area contributed by atoms with E-state index in [1.165, 1.54) is 28.8 Å². The summed E-state index contributed by atoms with van der Waals surface area (Å²) in [6.07, 6.45) is 0. The SMILES string of the molecule is CC(Sc1ccc(F)c(Cl)c1)C(=O)N1CCNC1=O. The number of amides is 3. The number of hydrogen-bond acceptors (Lipinski definition) is 3. The molecule has 0 aliphatic carbocycles. The van der Waals surface area contributed by atoms with E-state index >= 15 is 0 Å². The van der Waals surface area contributed by atoms with Crippen molar-refractivity contribution in [2.45, 2.75) is 17.1 Å². The molecule has 1 fully saturated rings. The van der Waals surface area contributed by atoms with Crippen molar-refractivity contribution in [2.75, 3.05) is 13.1 Å². The molecule has 0 aromatic heterocycles. The fourth-order valence-electron chi connectivity index (χ4n) is 1.71. The molecule has 0 saturated carbocycles. The molecule has 0 spiro atoms. The molecule has 1 heterocycles. The van der Waals surface area contributed by atoms with Crippen molar-refractivity contribution >= 4 is 35.3 Å². The molecule has 2 rings (SSSR count). The minimum Gasteiger partial charge on any atom is -0.336 e. The third kappa shape index (κ3) is 3.19. The van der Waals surface area contributed by atoms with Crippen molar-refractivity contribution in [1.82, 2.24) is 10.2 Å². The molecule has 0 radical (unpaired) electrons. The van der Waals surface area contributed by atoms with Gasteiger partial charge in [0.25, 0.3) is 0 Å². The second kappa shape index (κ2) is 5.79. The first kappa shape index (κ1) is 14.1. The average Bonchev–Trinajstić information content (AvgIpc) is 2.79. The lowest BCUT2D eigenvalue weighted by atomic mass is 10.3. The second-order valence-corrected chi connectivity index (χ2v) is 5.88. The fourth-order valence-corrected chi connectivity index (χ4v) is 2.92. The highest BCUT2D eigenvalue weighted by atomic mass is 35.5. The zero-order valence-electron chi connectivity index (χ0n) is 10.2. The van der Waals surface area contributed by atoms with Crippen LogP contribution in [-0.4, -0.2) is 35.2 Å². The first-order valence-electron chi connectivity index (χ1n) is 5.70. The van der Waals surface area contributed by atoms with Gasteiger partial charge in [0.05, 0.1) is 10.3 Å². The lowest BCUT2D eigenvalue weighted by Crippen LogP contribution is -2.38. The number of hydrogen-bond donors (Lipinski definition) is 1. The molecule has 1 aliphatic heterocycles. The summed E-state index contributed by atoms with van der Waals surface area (Å²) in [6, 6.07) is 3.91. The van der Waals surface area contributed by atoms with Crippen LogP contribution in [0.2, 0.25) is 5.02 Å². The number of rotatable bonds is 3. The molecule has 4 nitrogen and oxygen atoms in total. The predicted octanol–water partition coefficient (Wildman–Crippen LogP) is 2.51. The summed E-state index contributed by atoms with van der Waals surface area (Å²) in [5.41, 5.74) is 0. The van der Waals surface area contributed by atoms with Gasteiger partial charge in [0.2, 0.25) is 5.91 Å². The van der Waals surface area contributed by atoms with Gasteiger partial charge in [-0.05, 0) is 25.1 Å². The number of carbonyl (C=O) groups excluding carboxylic acids is 2. The monoisotopic (exact) mass is 302 g/mol. The minimum atomic E-state index is -0.496. The van der Waals surface area contributed by atoms with Crippen LogP contribution in [0.3, 0.4) is 0 Å². The third-order valence-electron chi connectivity index (χ3n) is 2.67. The Bertz CT molecular complexity index is 526. The van der Waals surface area contributed by atoms with E-state index in [1.807, 2.05) is 0 Å². The van der Waals surface area contributed by atoms with Gasteiger partial charge >= 0.3 is 6.03 Å². The molecule has 1 saturated heterocycles. The maximum atomic E-state index is 13.0. The zero-order valence-corrected chi connectivity index (χ0v) is 11.7. The van der Waals surface area contributed by atoms with Gasteiger partial charge in [-0.3, -0.25) is 9.69 Å². The minimum absolute atomic E-state index is 0.0172. The Morgan fingerprint density at radius 2 is 2.32 bits per heavy atom. The van der Waals surface area contributed by atoms with Crippen LogP contribution >= 0.6 is 23.4 Å². The highest BCUT2D eigenvalue weighted by Crippen LogP contribution is 2.28. The number of halogens is 2. The van der Waals surface area contributed by atoms with Crippen LogP contribution in [0.1, 0.15) is 6.92 Å². The number of urea groups is 1. The summed E-state index contributed by atoms with van der Waals surface area (Å²) < 4.78 is 13.0. The van der Waals surface area contributed by atoms with E-state index in [1.54, 1.807) is 13.0 Å². The van der Waals surface area contributed by atoms with Crippen molar-refractivity contribution in [3.63, 3.8) is 0 Å². The van der Waals surface area contributed by atoms with Gasteiger partial charge < -0.3 is 5.32 Å². The highest BCUT2D eigenvalue weighted by Gasteiger charge is 2.30. The van der Waals surface area contributed by atoms with Crippen LogP contribution in [0.15, 0.2) is 23.1 Å². The molecule has 3 amide bonds. The van der Waals surface area contributed by atoms with E-state index in [9.17, 15) is 14.0 Å². The summed E-state index contributed by atoms with van der Waals surface area (Å²) in [5.74, 6) is -0.760. The van der Waals surface area contributed by atoms with Crippen molar-refractivity contribution in [1.29, 1.82) is 0 Å². The zero-order chi connectivity index (χ0) is 14.0. The molecule has 0 bridgehead atoms. The topological polar surface area (TPSA) is 49.4 Å². The lowest BCUT2D eigenvalue weighted by Gasteiger charge is -2.17. The van der Waals surface area contributed by atoms with E-state index in [-0.39, 0.29) is 17.0 Å². The Morgan fingerprint density at radius 1 is 1.58 bits per heavy atom. The van der Waals surface area contributed by atoms with Crippen LogP contribution < -0.4 is 5.32 Å². The smallest absolute Gasteiger partial charge is 0.324 e. The van der Waals surface area contributed by atoms with Gasteiger partial charge in [-0.25, -0.2) is 9.18 Å². The van der Waals surface area contributed by atoms with Crippen LogP contribution in [0.4, 0.5) is 9.18 Å². The van der Waals surface area contributed by atoms with Gasteiger partial charge in [-0.1, -0.05) is 11.6 Å². The van der Waals surface area contributed by atoms with E-state index in [0.717, 1.165) is 0 Å². The van der Waals surface area contributed by atoms with Crippen molar-refractivity contribution < 1.29 is 14.0 Å². The number of imide groups is 1. The first-order chi connectivity index (χ1) is 8.99. The predicted molar refractivity (Wildman–Crippen MR) is 71.8 cm³/mol. The fraction of sp³-hybridized carbons (Fsp3) is 0.333. The Hall–Kier alpha value is -1.27. The number of carbonyl (C=O) groups is 2. The van der Waals surface area contributed by atoms with E-state index in [4.69, 9.17) is 11.6 Å². The molecular formula is C12H12ClFN2O2S. The van der Waals surface area contributed by atoms with Crippen molar-refractivity contribution in [2.24, 2.45) is 0 Å². The highest BCUT2D eigenvalue weighted by molar-refractivity contribution is 8.00. The average molecular weight is 303 g/mol. The number of benzene rings is 1. The molecule has 7 heteroatoms. The van der Waals surface area contributed by atoms with Gasteiger partial charge in [-0.2, -0.15) is 0 Å². The maximum absolute atomic E-state index is 13.0. The molecule has 1 N–H and O–H groups in total. The van der Waals surface area contributed by atoms with Crippen molar-refractivity contribution in [3.05, 3.63) is 29.0 Å². The van der Waals surface area contributed by atoms with Crippen LogP contribution in [0.25, 0.3) is 0 Å². The number of nitrogens with one attached hydrogen (secondary N) is 1.